The maximum atomic E-state index is 5.46. The Labute approximate surface area is 63.7 Å². The third-order valence-corrected chi connectivity index (χ3v) is 1.58. The predicted molar refractivity (Wildman–Crippen MR) is 43.9 cm³/mol. The van der Waals surface area contributed by atoms with Crippen LogP contribution in [0.2, 0.25) is 0 Å². The van der Waals surface area contributed by atoms with Crippen LogP contribution in [0.25, 0.3) is 0 Å². The van der Waals surface area contributed by atoms with Crippen molar-refractivity contribution in [1.82, 2.24) is 0 Å². The quantitative estimate of drug-likeness (QED) is 0.634. The van der Waals surface area contributed by atoms with Crippen LogP contribution in [0, 0.1) is 5.92 Å². The molecule has 0 saturated carbocycles. The van der Waals surface area contributed by atoms with Crippen LogP contribution in [-0.2, 0) is 4.74 Å². The van der Waals surface area contributed by atoms with E-state index in [-0.39, 0.29) is 0 Å². The Bertz CT molecular complexity index is 67.7. The highest BCUT2D eigenvalue weighted by Gasteiger charge is 2.10. The molecule has 1 atom stereocenters. The van der Waals surface area contributed by atoms with Crippen molar-refractivity contribution in [3.05, 3.63) is 0 Å². The van der Waals surface area contributed by atoms with Crippen molar-refractivity contribution in [3.63, 3.8) is 0 Å². The largest absolute Gasteiger partial charge is 0.378 e. The summed E-state index contributed by atoms with van der Waals surface area (Å²) in [4.78, 5) is 0. The Morgan fingerprint density at radius 3 is 2.30 bits per heavy atom. The molecule has 62 valence electrons. The van der Waals surface area contributed by atoms with Crippen LogP contribution in [-0.4, -0.2) is 19.3 Å². The van der Waals surface area contributed by atoms with Gasteiger partial charge in [-0.15, -0.1) is 0 Å². The molecule has 2 heteroatoms. The Morgan fingerprint density at radius 1 is 1.40 bits per heavy atom. The van der Waals surface area contributed by atoms with E-state index >= 15 is 0 Å². The summed E-state index contributed by atoms with van der Waals surface area (Å²) in [5.74, 6) is 0.587. The number of nitrogens with two attached hydrogens (primary N) is 1. The third-order valence-electron chi connectivity index (χ3n) is 1.58. The van der Waals surface area contributed by atoms with Crippen molar-refractivity contribution in [2.75, 3.05) is 13.2 Å². The molecular formula is C8H19NO. The van der Waals surface area contributed by atoms with Crippen molar-refractivity contribution >= 4 is 0 Å². The van der Waals surface area contributed by atoms with E-state index in [0.717, 1.165) is 19.6 Å². The molecule has 0 aliphatic carbocycles. The molecule has 0 aromatic carbocycles. The standard InChI is InChI=1S/C8H19NO/c1-4-10-8(5-6-9)7(2)3/h7-8H,4-6,9H2,1-3H3/t8-/m1/s1. The van der Waals surface area contributed by atoms with E-state index in [0.29, 0.717) is 12.0 Å². The summed E-state index contributed by atoms with van der Waals surface area (Å²) < 4.78 is 5.46. The average molecular weight is 145 g/mol. The summed E-state index contributed by atoms with van der Waals surface area (Å²) in [7, 11) is 0. The maximum Gasteiger partial charge on any atom is 0.0609 e. The topological polar surface area (TPSA) is 35.2 Å². The first kappa shape index (κ1) is 9.92. The molecular weight excluding hydrogens is 126 g/mol. The van der Waals surface area contributed by atoms with Crippen molar-refractivity contribution < 1.29 is 4.74 Å². The molecule has 2 N–H and O–H groups in total. The summed E-state index contributed by atoms with van der Waals surface area (Å²) in [5, 5.41) is 0. The van der Waals surface area contributed by atoms with Gasteiger partial charge in [0, 0.05) is 6.61 Å². The van der Waals surface area contributed by atoms with Gasteiger partial charge in [0.2, 0.25) is 0 Å². The summed E-state index contributed by atoms with van der Waals surface area (Å²) in [5.41, 5.74) is 5.42. The number of hydrogen-bond acceptors (Lipinski definition) is 2. The van der Waals surface area contributed by atoms with E-state index in [1.54, 1.807) is 0 Å². The lowest BCUT2D eigenvalue weighted by Crippen LogP contribution is -2.23. The third kappa shape index (κ3) is 3.85. The molecule has 0 bridgehead atoms. The first-order valence-electron chi connectivity index (χ1n) is 4.04. The average Bonchev–Trinajstić information content (AvgIpc) is 1.87. The Balaban J connectivity index is 3.50. The molecule has 0 unspecified atom stereocenters. The number of ether oxygens (including phenoxy) is 1. The lowest BCUT2D eigenvalue weighted by atomic mass is 10.0. The van der Waals surface area contributed by atoms with E-state index < -0.39 is 0 Å². The van der Waals surface area contributed by atoms with E-state index in [1.807, 2.05) is 6.92 Å². The molecule has 0 aromatic rings. The van der Waals surface area contributed by atoms with Crippen molar-refractivity contribution in [1.29, 1.82) is 0 Å². The lowest BCUT2D eigenvalue weighted by molar-refractivity contribution is 0.0266. The van der Waals surface area contributed by atoms with Crippen LogP contribution in [0.1, 0.15) is 27.2 Å². The van der Waals surface area contributed by atoms with Crippen LogP contribution in [0.5, 0.6) is 0 Å². The second kappa shape index (κ2) is 5.69. The fourth-order valence-electron chi connectivity index (χ4n) is 0.987. The highest BCUT2D eigenvalue weighted by atomic mass is 16.5. The van der Waals surface area contributed by atoms with E-state index in [4.69, 9.17) is 10.5 Å². The first-order valence-corrected chi connectivity index (χ1v) is 4.04. The fourth-order valence-corrected chi connectivity index (χ4v) is 0.987. The lowest BCUT2D eigenvalue weighted by Gasteiger charge is -2.19. The maximum absolute atomic E-state index is 5.46. The summed E-state index contributed by atoms with van der Waals surface area (Å²) in [6.45, 7) is 7.86. The highest BCUT2D eigenvalue weighted by Crippen LogP contribution is 2.09. The molecule has 0 spiro atoms. The van der Waals surface area contributed by atoms with Gasteiger partial charge in [0.05, 0.1) is 6.10 Å². The van der Waals surface area contributed by atoms with Gasteiger partial charge >= 0.3 is 0 Å². The molecule has 0 rings (SSSR count). The van der Waals surface area contributed by atoms with E-state index in [2.05, 4.69) is 13.8 Å². The zero-order valence-electron chi connectivity index (χ0n) is 7.26. The van der Waals surface area contributed by atoms with Gasteiger partial charge in [-0.05, 0) is 25.8 Å². The zero-order chi connectivity index (χ0) is 7.98. The van der Waals surface area contributed by atoms with Crippen molar-refractivity contribution in [2.45, 2.75) is 33.3 Å². The van der Waals surface area contributed by atoms with Crippen LogP contribution in [0.15, 0.2) is 0 Å². The first-order chi connectivity index (χ1) is 4.72. The molecule has 2 nitrogen and oxygen atoms in total. The molecule has 0 amide bonds. The summed E-state index contributed by atoms with van der Waals surface area (Å²) in [6.07, 6.45) is 1.33. The molecule has 0 aliphatic rings. The van der Waals surface area contributed by atoms with Gasteiger partial charge in [0.1, 0.15) is 0 Å². The molecule has 0 aliphatic heterocycles. The van der Waals surface area contributed by atoms with Crippen molar-refractivity contribution in [2.24, 2.45) is 11.7 Å². The van der Waals surface area contributed by atoms with Gasteiger partial charge in [-0.3, -0.25) is 0 Å². The second-order valence-electron chi connectivity index (χ2n) is 2.82. The van der Waals surface area contributed by atoms with Gasteiger partial charge in [-0.25, -0.2) is 0 Å². The minimum atomic E-state index is 0.356. The molecule has 10 heavy (non-hydrogen) atoms. The Hall–Kier alpha value is -0.0800. The van der Waals surface area contributed by atoms with E-state index in [9.17, 15) is 0 Å². The Morgan fingerprint density at radius 2 is 2.00 bits per heavy atom. The number of rotatable bonds is 5. The van der Waals surface area contributed by atoms with Gasteiger partial charge < -0.3 is 10.5 Å². The molecule has 0 aromatic heterocycles. The highest BCUT2D eigenvalue weighted by molar-refractivity contribution is 4.62. The van der Waals surface area contributed by atoms with Crippen molar-refractivity contribution in [3.8, 4) is 0 Å². The minimum absolute atomic E-state index is 0.356. The van der Waals surface area contributed by atoms with Gasteiger partial charge in [0.25, 0.3) is 0 Å². The second-order valence-corrected chi connectivity index (χ2v) is 2.82. The van der Waals surface area contributed by atoms with Crippen LogP contribution in [0.4, 0.5) is 0 Å². The zero-order valence-corrected chi connectivity index (χ0v) is 7.26. The smallest absolute Gasteiger partial charge is 0.0609 e. The van der Waals surface area contributed by atoms with Gasteiger partial charge in [-0.1, -0.05) is 13.8 Å². The normalized spacial score (nSPS) is 14.1. The monoisotopic (exact) mass is 145 g/mol. The van der Waals surface area contributed by atoms with E-state index in [1.165, 1.54) is 0 Å². The minimum Gasteiger partial charge on any atom is -0.378 e. The molecule has 0 radical (unpaired) electrons. The number of hydrogen-bond donors (Lipinski definition) is 1. The molecule has 0 heterocycles. The predicted octanol–water partition coefficient (Wildman–Crippen LogP) is 1.40. The SMILES string of the molecule is CCO[C@H](CCN)C(C)C. The van der Waals surface area contributed by atoms with Gasteiger partial charge in [0.15, 0.2) is 0 Å². The molecule has 0 fully saturated rings. The fraction of sp³-hybridized carbons (Fsp3) is 1.00. The van der Waals surface area contributed by atoms with Crippen LogP contribution in [0.3, 0.4) is 0 Å². The summed E-state index contributed by atoms with van der Waals surface area (Å²) in [6, 6.07) is 0. The molecule has 0 saturated heterocycles. The van der Waals surface area contributed by atoms with Gasteiger partial charge in [-0.2, -0.15) is 0 Å². The van der Waals surface area contributed by atoms with Crippen LogP contribution >= 0.6 is 0 Å². The Kier molecular flexibility index (Phi) is 5.64. The summed E-state index contributed by atoms with van der Waals surface area (Å²) >= 11 is 0. The van der Waals surface area contributed by atoms with Crippen LogP contribution < -0.4 is 5.73 Å².